The highest BCUT2D eigenvalue weighted by Gasteiger charge is 2.10. The Bertz CT molecular complexity index is 220. The van der Waals surface area contributed by atoms with Crippen LogP contribution in [0, 0.1) is 0 Å². The Morgan fingerprint density at radius 2 is 1.92 bits per heavy atom. The van der Waals surface area contributed by atoms with Gasteiger partial charge in [-0.3, -0.25) is 4.90 Å². The first-order chi connectivity index (χ1) is 5.58. The summed E-state index contributed by atoms with van der Waals surface area (Å²) in [6.45, 7) is 3.01. The van der Waals surface area contributed by atoms with Crippen molar-refractivity contribution in [1.29, 1.82) is 0 Å². The van der Waals surface area contributed by atoms with Gasteiger partial charge in [0.25, 0.3) is 0 Å². The van der Waals surface area contributed by atoms with Crippen molar-refractivity contribution in [1.82, 2.24) is 4.90 Å². The lowest BCUT2D eigenvalue weighted by molar-refractivity contribution is 0.0406. The highest BCUT2D eigenvalue weighted by molar-refractivity contribution is 7.85. The third-order valence-electron chi connectivity index (χ3n) is 1.76. The first kappa shape index (κ1) is 9.91. The van der Waals surface area contributed by atoms with Crippen molar-refractivity contribution in [2.45, 2.75) is 0 Å². The summed E-state index contributed by atoms with van der Waals surface area (Å²) in [7, 11) is -4.06. The van der Waals surface area contributed by atoms with Crippen LogP contribution in [-0.2, 0) is 14.9 Å². The predicted molar refractivity (Wildman–Crippen MR) is 41.8 cm³/mol. The van der Waals surface area contributed by atoms with Gasteiger partial charge in [0.15, 0.2) is 0 Å². The van der Waals surface area contributed by atoms with Crippen LogP contribution in [0.1, 0.15) is 0 Å². The molecule has 0 aromatic heterocycles. The SMILES string of the molecule is O=S(=O)([O-])CCN1CCOCC1. The lowest BCUT2D eigenvalue weighted by Gasteiger charge is -2.26. The van der Waals surface area contributed by atoms with E-state index in [4.69, 9.17) is 4.74 Å². The van der Waals surface area contributed by atoms with Crippen molar-refractivity contribution in [3.8, 4) is 0 Å². The molecule has 12 heavy (non-hydrogen) atoms. The van der Waals surface area contributed by atoms with Gasteiger partial charge in [0.2, 0.25) is 0 Å². The fraction of sp³-hybridized carbons (Fsp3) is 1.00. The van der Waals surface area contributed by atoms with Crippen LogP contribution >= 0.6 is 0 Å². The van der Waals surface area contributed by atoms with Crippen LogP contribution < -0.4 is 0 Å². The zero-order valence-electron chi connectivity index (χ0n) is 6.73. The average molecular weight is 194 g/mol. The zero-order chi connectivity index (χ0) is 9.03. The molecule has 1 aliphatic rings. The Morgan fingerprint density at radius 1 is 1.33 bits per heavy atom. The van der Waals surface area contributed by atoms with Gasteiger partial charge in [-0.1, -0.05) is 0 Å². The molecule has 0 bridgehead atoms. The fourth-order valence-electron chi connectivity index (χ4n) is 1.07. The molecule has 1 aliphatic heterocycles. The quantitative estimate of drug-likeness (QED) is 0.531. The molecule has 1 fully saturated rings. The largest absolute Gasteiger partial charge is 0.748 e. The van der Waals surface area contributed by atoms with Crippen LogP contribution in [0.15, 0.2) is 0 Å². The second-order valence-electron chi connectivity index (χ2n) is 2.72. The highest BCUT2D eigenvalue weighted by Crippen LogP contribution is 1.96. The topological polar surface area (TPSA) is 69.7 Å². The molecule has 0 N–H and O–H groups in total. The van der Waals surface area contributed by atoms with Crippen LogP contribution in [0.4, 0.5) is 0 Å². The van der Waals surface area contributed by atoms with Crippen LogP contribution in [0.2, 0.25) is 0 Å². The van der Waals surface area contributed by atoms with Crippen LogP contribution in [-0.4, -0.2) is 56.5 Å². The van der Waals surface area contributed by atoms with Gasteiger partial charge in [-0.15, -0.1) is 0 Å². The smallest absolute Gasteiger partial charge is 0.0958 e. The predicted octanol–water partition coefficient (Wildman–Crippen LogP) is -1.14. The Labute approximate surface area is 72.1 Å². The summed E-state index contributed by atoms with van der Waals surface area (Å²) in [5, 5.41) is 0. The van der Waals surface area contributed by atoms with Gasteiger partial charge in [0.05, 0.1) is 29.1 Å². The summed E-state index contributed by atoms with van der Waals surface area (Å²) in [4.78, 5) is 1.92. The van der Waals surface area contributed by atoms with E-state index in [9.17, 15) is 13.0 Å². The van der Waals surface area contributed by atoms with Crippen LogP contribution in [0.3, 0.4) is 0 Å². The number of nitrogens with zero attached hydrogens (tertiary/aromatic N) is 1. The Morgan fingerprint density at radius 3 is 2.42 bits per heavy atom. The average Bonchev–Trinajstić information content (AvgIpc) is 2.02. The summed E-state index contributed by atoms with van der Waals surface area (Å²) in [6, 6.07) is 0. The van der Waals surface area contributed by atoms with Crippen molar-refractivity contribution in [2.75, 3.05) is 38.6 Å². The number of hydrogen-bond acceptors (Lipinski definition) is 5. The van der Waals surface area contributed by atoms with E-state index < -0.39 is 10.1 Å². The minimum absolute atomic E-state index is 0.299. The molecule has 1 rings (SSSR count). The molecule has 0 aromatic carbocycles. The van der Waals surface area contributed by atoms with Crippen molar-refractivity contribution in [3.05, 3.63) is 0 Å². The molecule has 0 aliphatic carbocycles. The van der Waals surface area contributed by atoms with Gasteiger partial charge < -0.3 is 9.29 Å². The molecule has 0 spiro atoms. The highest BCUT2D eigenvalue weighted by atomic mass is 32.2. The van der Waals surface area contributed by atoms with Gasteiger partial charge >= 0.3 is 0 Å². The lowest BCUT2D eigenvalue weighted by Crippen LogP contribution is -2.39. The number of ether oxygens (including phenoxy) is 1. The third-order valence-corrected chi connectivity index (χ3v) is 2.44. The van der Waals surface area contributed by atoms with E-state index in [2.05, 4.69) is 0 Å². The minimum Gasteiger partial charge on any atom is -0.748 e. The van der Waals surface area contributed by atoms with E-state index in [1.165, 1.54) is 0 Å². The van der Waals surface area contributed by atoms with Crippen LogP contribution in [0.25, 0.3) is 0 Å². The summed E-state index contributed by atoms with van der Waals surface area (Å²) in [5.74, 6) is -0.299. The van der Waals surface area contributed by atoms with E-state index in [1.807, 2.05) is 4.90 Å². The molecule has 1 saturated heterocycles. The molecular weight excluding hydrogens is 182 g/mol. The summed E-state index contributed by atoms with van der Waals surface area (Å²) in [6.07, 6.45) is 0. The second-order valence-corrected chi connectivity index (χ2v) is 4.24. The van der Waals surface area contributed by atoms with E-state index in [1.54, 1.807) is 0 Å². The van der Waals surface area contributed by atoms with Gasteiger partial charge in [0.1, 0.15) is 0 Å². The van der Waals surface area contributed by atoms with Crippen molar-refractivity contribution < 1.29 is 17.7 Å². The van der Waals surface area contributed by atoms with Crippen molar-refractivity contribution >= 4 is 10.1 Å². The van der Waals surface area contributed by atoms with Gasteiger partial charge in [0, 0.05) is 19.6 Å². The van der Waals surface area contributed by atoms with Crippen molar-refractivity contribution in [2.24, 2.45) is 0 Å². The number of morpholine rings is 1. The molecule has 0 saturated carbocycles. The molecule has 1 heterocycles. The maximum absolute atomic E-state index is 10.3. The molecule has 0 amide bonds. The second kappa shape index (κ2) is 4.18. The Kier molecular flexibility index (Phi) is 3.45. The van der Waals surface area contributed by atoms with E-state index in [-0.39, 0.29) is 5.75 Å². The Hall–Kier alpha value is -0.170. The van der Waals surface area contributed by atoms with Crippen molar-refractivity contribution in [3.63, 3.8) is 0 Å². The van der Waals surface area contributed by atoms with Gasteiger partial charge in [-0.05, 0) is 0 Å². The summed E-state index contributed by atoms with van der Waals surface area (Å²) in [5.41, 5.74) is 0. The maximum Gasteiger partial charge on any atom is 0.0958 e. The molecule has 0 radical (unpaired) electrons. The number of hydrogen-bond donors (Lipinski definition) is 0. The fourth-order valence-corrected chi connectivity index (χ4v) is 1.55. The van der Waals surface area contributed by atoms with E-state index in [0.717, 1.165) is 13.1 Å². The molecular formula is C6H12NO4S-. The first-order valence-corrected chi connectivity index (χ1v) is 5.39. The Balaban J connectivity index is 2.22. The molecule has 5 nitrogen and oxygen atoms in total. The molecule has 72 valence electrons. The number of rotatable bonds is 3. The normalized spacial score (nSPS) is 21.1. The standard InChI is InChI=1S/C6H13NO4S/c8-12(9,10)6-3-7-1-4-11-5-2-7/h1-6H2,(H,8,9,10)/p-1. The van der Waals surface area contributed by atoms with Gasteiger partial charge in [-0.2, -0.15) is 0 Å². The molecule has 6 heteroatoms. The molecule has 0 atom stereocenters. The minimum atomic E-state index is -4.06. The third kappa shape index (κ3) is 4.01. The van der Waals surface area contributed by atoms with Gasteiger partial charge in [-0.25, -0.2) is 8.42 Å². The summed E-state index contributed by atoms with van der Waals surface area (Å²) < 4.78 is 35.8. The maximum atomic E-state index is 10.3. The van der Waals surface area contributed by atoms with Crippen LogP contribution in [0.5, 0.6) is 0 Å². The summed E-state index contributed by atoms with van der Waals surface area (Å²) >= 11 is 0. The zero-order valence-corrected chi connectivity index (χ0v) is 7.55. The van der Waals surface area contributed by atoms with E-state index in [0.29, 0.717) is 19.8 Å². The first-order valence-electron chi connectivity index (χ1n) is 3.81. The molecule has 0 unspecified atom stereocenters. The monoisotopic (exact) mass is 194 g/mol. The molecule has 0 aromatic rings. The lowest BCUT2D eigenvalue weighted by atomic mass is 10.4. The van der Waals surface area contributed by atoms with E-state index >= 15 is 0 Å².